The highest BCUT2D eigenvalue weighted by molar-refractivity contribution is 7.91. The van der Waals surface area contributed by atoms with Crippen molar-refractivity contribution in [1.29, 1.82) is 0 Å². The number of nitrogens with one attached hydrogen (secondary N) is 2. The molecule has 2 atom stereocenters. The number of sulfone groups is 1. The molecule has 2 unspecified atom stereocenters. The van der Waals surface area contributed by atoms with Crippen LogP contribution in [0.5, 0.6) is 0 Å². The highest BCUT2D eigenvalue weighted by Crippen LogP contribution is 2.21. The average Bonchev–Trinajstić information content (AvgIpc) is 2.96. The van der Waals surface area contributed by atoms with Gasteiger partial charge in [-0.1, -0.05) is 38.1 Å². The summed E-state index contributed by atoms with van der Waals surface area (Å²) in [6.07, 6.45) is 3.95. The minimum absolute atomic E-state index is 0.193. The molecule has 26 heavy (non-hydrogen) atoms. The van der Waals surface area contributed by atoms with Crippen molar-refractivity contribution in [2.45, 2.75) is 45.6 Å². The van der Waals surface area contributed by atoms with E-state index in [0.717, 1.165) is 38.2 Å². The van der Waals surface area contributed by atoms with Crippen molar-refractivity contribution in [3.8, 4) is 0 Å². The molecular weight excluding hydrogens is 346 g/mol. The van der Waals surface area contributed by atoms with E-state index in [-0.39, 0.29) is 5.92 Å². The largest absolute Gasteiger partial charge is 0.356 e. The van der Waals surface area contributed by atoms with Crippen molar-refractivity contribution in [2.24, 2.45) is 16.8 Å². The molecule has 1 aliphatic heterocycles. The minimum Gasteiger partial charge on any atom is -0.356 e. The summed E-state index contributed by atoms with van der Waals surface area (Å²) in [6.45, 7) is 5.75. The maximum atomic E-state index is 11.7. The van der Waals surface area contributed by atoms with Crippen LogP contribution < -0.4 is 10.6 Å². The fraction of sp³-hybridized carbons (Fsp3) is 0.650. The second kappa shape index (κ2) is 8.42. The van der Waals surface area contributed by atoms with Gasteiger partial charge in [0.25, 0.3) is 0 Å². The van der Waals surface area contributed by atoms with E-state index >= 15 is 0 Å². The molecule has 2 aliphatic rings. The third-order valence-electron chi connectivity index (χ3n) is 5.19. The van der Waals surface area contributed by atoms with Gasteiger partial charge in [-0.25, -0.2) is 8.42 Å². The normalized spacial score (nSPS) is 25.1. The second-order valence-electron chi connectivity index (χ2n) is 8.09. The Labute approximate surface area is 157 Å². The zero-order chi connectivity index (χ0) is 18.6. The Hall–Kier alpha value is -1.56. The zero-order valence-electron chi connectivity index (χ0n) is 15.9. The molecule has 0 radical (unpaired) electrons. The Kier molecular flexibility index (Phi) is 6.22. The molecule has 3 rings (SSSR count). The lowest BCUT2D eigenvalue weighted by atomic mass is 9.88. The van der Waals surface area contributed by atoms with Gasteiger partial charge < -0.3 is 10.6 Å². The van der Waals surface area contributed by atoms with E-state index in [1.807, 2.05) is 0 Å². The lowest BCUT2D eigenvalue weighted by Gasteiger charge is -2.27. The maximum Gasteiger partial charge on any atom is 0.191 e. The standard InChI is InChI=1S/C20H31N3O2S/c1-15(2)12-21-20(22-13-16-9-10-26(24,25)14-16)23-19-8-7-17-5-3-4-6-18(17)11-19/h3-6,15-16,19H,7-14H2,1-2H3,(H2,21,22,23). The van der Waals surface area contributed by atoms with Crippen LogP contribution >= 0.6 is 0 Å². The van der Waals surface area contributed by atoms with Crippen molar-refractivity contribution in [2.75, 3.05) is 24.6 Å². The van der Waals surface area contributed by atoms with Gasteiger partial charge in [0, 0.05) is 19.1 Å². The van der Waals surface area contributed by atoms with E-state index < -0.39 is 9.84 Å². The number of hydrogen-bond acceptors (Lipinski definition) is 3. The van der Waals surface area contributed by atoms with Gasteiger partial charge in [-0.2, -0.15) is 0 Å². The Bertz CT molecular complexity index is 743. The number of rotatable bonds is 5. The van der Waals surface area contributed by atoms with Gasteiger partial charge in [-0.15, -0.1) is 0 Å². The van der Waals surface area contributed by atoms with Crippen LogP contribution in [0.4, 0.5) is 0 Å². The van der Waals surface area contributed by atoms with Gasteiger partial charge in [0.05, 0.1) is 11.5 Å². The molecule has 1 heterocycles. The van der Waals surface area contributed by atoms with Crippen molar-refractivity contribution in [3.05, 3.63) is 35.4 Å². The Morgan fingerprint density at radius 3 is 2.69 bits per heavy atom. The van der Waals surface area contributed by atoms with Gasteiger partial charge >= 0.3 is 0 Å². The molecule has 0 bridgehead atoms. The third kappa shape index (κ3) is 5.47. The van der Waals surface area contributed by atoms with Crippen LogP contribution in [0.2, 0.25) is 0 Å². The smallest absolute Gasteiger partial charge is 0.191 e. The van der Waals surface area contributed by atoms with E-state index in [1.54, 1.807) is 0 Å². The van der Waals surface area contributed by atoms with Crippen LogP contribution in [0.25, 0.3) is 0 Å². The highest BCUT2D eigenvalue weighted by atomic mass is 32.2. The predicted octanol–water partition coefficient (Wildman–Crippen LogP) is 2.17. The summed E-state index contributed by atoms with van der Waals surface area (Å²) in [6, 6.07) is 9.02. The summed E-state index contributed by atoms with van der Waals surface area (Å²) >= 11 is 0. The molecule has 144 valence electrons. The molecule has 1 aromatic rings. The van der Waals surface area contributed by atoms with Gasteiger partial charge in [0.2, 0.25) is 0 Å². The van der Waals surface area contributed by atoms with E-state index in [0.29, 0.717) is 30.0 Å². The third-order valence-corrected chi connectivity index (χ3v) is 7.02. The summed E-state index contributed by atoms with van der Waals surface area (Å²) in [5.41, 5.74) is 2.87. The van der Waals surface area contributed by atoms with Crippen molar-refractivity contribution in [1.82, 2.24) is 10.6 Å². The first-order valence-electron chi connectivity index (χ1n) is 9.73. The van der Waals surface area contributed by atoms with E-state index in [4.69, 9.17) is 4.99 Å². The lowest BCUT2D eigenvalue weighted by Crippen LogP contribution is -2.47. The first kappa shape index (κ1) is 19.2. The molecule has 2 N–H and O–H groups in total. The molecule has 1 saturated heterocycles. The Morgan fingerprint density at radius 1 is 1.23 bits per heavy atom. The maximum absolute atomic E-state index is 11.7. The van der Waals surface area contributed by atoms with Crippen LogP contribution in [0.15, 0.2) is 29.3 Å². The minimum atomic E-state index is -2.83. The molecule has 6 heteroatoms. The van der Waals surface area contributed by atoms with Gasteiger partial charge in [0.1, 0.15) is 0 Å². The fourth-order valence-corrected chi connectivity index (χ4v) is 5.58. The van der Waals surface area contributed by atoms with Crippen LogP contribution in [-0.4, -0.2) is 45.0 Å². The van der Waals surface area contributed by atoms with Crippen LogP contribution in [0.3, 0.4) is 0 Å². The second-order valence-corrected chi connectivity index (χ2v) is 10.3. The Morgan fingerprint density at radius 2 is 2.00 bits per heavy atom. The average molecular weight is 378 g/mol. The van der Waals surface area contributed by atoms with Gasteiger partial charge in [-0.05, 0) is 48.6 Å². The van der Waals surface area contributed by atoms with Crippen molar-refractivity contribution < 1.29 is 8.42 Å². The molecule has 1 fully saturated rings. The van der Waals surface area contributed by atoms with E-state index in [9.17, 15) is 8.42 Å². The molecule has 0 amide bonds. The summed E-state index contributed by atoms with van der Waals surface area (Å²) in [4.78, 5) is 4.72. The highest BCUT2D eigenvalue weighted by Gasteiger charge is 2.28. The van der Waals surface area contributed by atoms with Crippen LogP contribution in [-0.2, 0) is 22.7 Å². The molecule has 0 spiro atoms. The van der Waals surface area contributed by atoms with E-state index in [2.05, 4.69) is 48.7 Å². The number of benzene rings is 1. The number of hydrogen-bond donors (Lipinski definition) is 2. The Balaban J connectivity index is 1.59. The van der Waals surface area contributed by atoms with E-state index in [1.165, 1.54) is 11.1 Å². The molecule has 1 aliphatic carbocycles. The number of aliphatic imine (C=N–C) groups is 1. The van der Waals surface area contributed by atoms with Crippen LogP contribution in [0.1, 0.15) is 37.8 Å². The van der Waals surface area contributed by atoms with Crippen LogP contribution in [0, 0.1) is 11.8 Å². The number of guanidine groups is 1. The zero-order valence-corrected chi connectivity index (χ0v) is 16.7. The molecule has 5 nitrogen and oxygen atoms in total. The number of aryl methyl sites for hydroxylation is 1. The molecular formula is C20H31N3O2S. The van der Waals surface area contributed by atoms with Gasteiger partial charge in [0.15, 0.2) is 15.8 Å². The summed E-state index contributed by atoms with van der Waals surface area (Å²) in [7, 11) is -2.83. The fourth-order valence-electron chi connectivity index (χ4n) is 3.71. The number of nitrogens with zero attached hydrogens (tertiary/aromatic N) is 1. The monoisotopic (exact) mass is 377 g/mol. The quantitative estimate of drug-likeness (QED) is 0.609. The molecule has 0 aromatic heterocycles. The molecule has 0 saturated carbocycles. The predicted molar refractivity (Wildman–Crippen MR) is 107 cm³/mol. The topological polar surface area (TPSA) is 70.6 Å². The van der Waals surface area contributed by atoms with Crippen molar-refractivity contribution >= 4 is 15.8 Å². The number of fused-ring (bicyclic) bond motifs is 1. The first-order valence-corrected chi connectivity index (χ1v) is 11.6. The lowest BCUT2D eigenvalue weighted by molar-refractivity contribution is 0.508. The SMILES string of the molecule is CC(C)CN=C(NCC1CCS(=O)(=O)C1)NC1CCc2ccccc2C1. The molecule has 1 aromatic carbocycles. The first-order chi connectivity index (χ1) is 12.4. The summed E-state index contributed by atoms with van der Waals surface area (Å²) in [5.74, 6) is 2.14. The summed E-state index contributed by atoms with van der Waals surface area (Å²) in [5, 5.41) is 6.99. The van der Waals surface area contributed by atoms with Crippen molar-refractivity contribution in [3.63, 3.8) is 0 Å². The summed E-state index contributed by atoms with van der Waals surface area (Å²) < 4.78 is 23.3. The van der Waals surface area contributed by atoms with Gasteiger partial charge in [-0.3, -0.25) is 4.99 Å².